The molecular formula is C16H28N4OS. The molecule has 124 valence electrons. The molecule has 1 aliphatic heterocycles. The highest BCUT2D eigenvalue weighted by atomic mass is 32.1. The van der Waals surface area contributed by atoms with Crippen LogP contribution in [0.5, 0.6) is 0 Å². The average molecular weight is 324 g/mol. The Morgan fingerprint density at radius 1 is 1.41 bits per heavy atom. The number of nitrogens with zero attached hydrogens (tertiary/aromatic N) is 2. The van der Waals surface area contributed by atoms with Gasteiger partial charge in [0.25, 0.3) is 0 Å². The molecule has 0 spiro atoms. The molecule has 1 aromatic rings. The molecule has 2 N–H and O–H groups in total. The summed E-state index contributed by atoms with van der Waals surface area (Å²) in [5.74, 6) is 1.38. The molecule has 1 aliphatic rings. The van der Waals surface area contributed by atoms with E-state index in [1.54, 1.807) is 11.3 Å². The Morgan fingerprint density at radius 3 is 2.91 bits per heavy atom. The Bertz CT molecular complexity index is 429. The fraction of sp³-hybridized carbons (Fsp3) is 0.688. The monoisotopic (exact) mass is 324 g/mol. The summed E-state index contributed by atoms with van der Waals surface area (Å²) in [6, 6.07) is 4.29. The van der Waals surface area contributed by atoms with Crippen molar-refractivity contribution in [3.8, 4) is 0 Å². The van der Waals surface area contributed by atoms with Crippen molar-refractivity contribution in [2.75, 3.05) is 52.5 Å². The van der Waals surface area contributed by atoms with Crippen molar-refractivity contribution in [3.05, 3.63) is 22.4 Å². The van der Waals surface area contributed by atoms with E-state index in [4.69, 9.17) is 9.73 Å². The van der Waals surface area contributed by atoms with Gasteiger partial charge in [-0.3, -0.25) is 9.89 Å². The number of hydrogen-bond acceptors (Lipinski definition) is 4. The van der Waals surface area contributed by atoms with Gasteiger partial charge in [-0.15, -0.1) is 11.3 Å². The van der Waals surface area contributed by atoms with Crippen LogP contribution in [-0.4, -0.2) is 63.3 Å². The highest BCUT2D eigenvalue weighted by molar-refractivity contribution is 7.10. The highest BCUT2D eigenvalue weighted by Gasteiger charge is 2.10. The molecule has 0 saturated carbocycles. The summed E-state index contributed by atoms with van der Waals surface area (Å²) in [5.41, 5.74) is 0. The lowest BCUT2D eigenvalue weighted by Gasteiger charge is -2.26. The number of rotatable bonds is 7. The van der Waals surface area contributed by atoms with E-state index in [1.807, 2.05) is 0 Å². The predicted molar refractivity (Wildman–Crippen MR) is 94.0 cm³/mol. The highest BCUT2D eigenvalue weighted by Crippen LogP contribution is 2.20. The van der Waals surface area contributed by atoms with E-state index >= 15 is 0 Å². The van der Waals surface area contributed by atoms with E-state index in [0.717, 1.165) is 58.4 Å². The van der Waals surface area contributed by atoms with Crippen LogP contribution < -0.4 is 10.6 Å². The van der Waals surface area contributed by atoms with Gasteiger partial charge >= 0.3 is 0 Å². The van der Waals surface area contributed by atoms with Crippen molar-refractivity contribution in [1.82, 2.24) is 15.5 Å². The molecule has 2 heterocycles. The topological polar surface area (TPSA) is 48.9 Å². The second-order valence-electron chi connectivity index (χ2n) is 5.52. The van der Waals surface area contributed by atoms with Crippen LogP contribution in [0, 0.1) is 0 Å². The van der Waals surface area contributed by atoms with Gasteiger partial charge in [-0.25, -0.2) is 0 Å². The molecular weight excluding hydrogens is 296 g/mol. The van der Waals surface area contributed by atoms with Gasteiger partial charge in [0.15, 0.2) is 5.96 Å². The second kappa shape index (κ2) is 9.82. The van der Waals surface area contributed by atoms with Gasteiger partial charge in [0.2, 0.25) is 0 Å². The fourth-order valence-corrected chi connectivity index (χ4v) is 3.17. The van der Waals surface area contributed by atoms with Crippen molar-refractivity contribution in [3.63, 3.8) is 0 Å². The molecule has 2 rings (SSSR count). The molecule has 0 radical (unpaired) electrons. The molecule has 0 aliphatic carbocycles. The Morgan fingerprint density at radius 2 is 2.23 bits per heavy atom. The first-order valence-electron chi connectivity index (χ1n) is 8.15. The number of aliphatic imine (C=N–C) groups is 1. The summed E-state index contributed by atoms with van der Waals surface area (Å²) in [6.07, 6.45) is 0. The minimum Gasteiger partial charge on any atom is -0.379 e. The fourth-order valence-electron chi connectivity index (χ4n) is 2.39. The van der Waals surface area contributed by atoms with Crippen molar-refractivity contribution < 1.29 is 4.74 Å². The third-order valence-corrected chi connectivity index (χ3v) is 4.82. The van der Waals surface area contributed by atoms with Crippen LogP contribution in [0.15, 0.2) is 22.5 Å². The lowest BCUT2D eigenvalue weighted by atomic mass is 10.1. The third kappa shape index (κ3) is 5.94. The quantitative estimate of drug-likeness (QED) is 0.592. The van der Waals surface area contributed by atoms with Crippen LogP contribution in [0.3, 0.4) is 0 Å². The minimum absolute atomic E-state index is 0.467. The van der Waals surface area contributed by atoms with Crippen molar-refractivity contribution >= 4 is 17.3 Å². The molecule has 1 atom stereocenters. The van der Waals surface area contributed by atoms with E-state index in [0.29, 0.717) is 5.92 Å². The number of guanidine groups is 1. The lowest BCUT2D eigenvalue weighted by Crippen LogP contribution is -2.44. The predicted octanol–water partition coefficient (Wildman–Crippen LogP) is 1.74. The zero-order chi connectivity index (χ0) is 15.6. The SMILES string of the molecule is CCNC(=NCC(C)c1cccs1)NCCN1CCOCC1. The number of nitrogens with one attached hydrogen (secondary N) is 2. The van der Waals surface area contributed by atoms with Gasteiger partial charge in [0.05, 0.1) is 19.8 Å². The van der Waals surface area contributed by atoms with Crippen molar-refractivity contribution in [1.29, 1.82) is 0 Å². The molecule has 1 saturated heterocycles. The van der Waals surface area contributed by atoms with E-state index in [1.165, 1.54) is 4.88 Å². The number of thiophene rings is 1. The molecule has 1 unspecified atom stereocenters. The van der Waals surface area contributed by atoms with Gasteiger partial charge in [-0.2, -0.15) is 0 Å². The molecule has 0 amide bonds. The number of hydrogen-bond donors (Lipinski definition) is 2. The maximum Gasteiger partial charge on any atom is 0.191 e. The smallest absolute Gasteiger partial charge is 0.191 e. The summed E-state index contributed by atoms with van der Waals surface area (Å²) in [6.45, 7) is 11.8. The largest absolute Gasteiger partial charge is 0.379 e. The number of ether oxygens (including phenoxy) is 1. The summed E-state index contributed by atoms with van der Waals surface area (Å²) in [7, 11) is 0. The van der Waals surface area contributed by atoms with Crippen LogP contribution in [0.1, 0.15) is 24.6 Å². The summed E-state index contributed by atoms with van der Waals surface area (Å²) in [4.78, 5) is 8.53. The summed E-state index contributed by atoms with van der Waals surface area (Å²) in [5, 5.41) is 8.87. The minimum atomic E-state index is 0.467. The van der Waals surface area contributed by atoms with Crippen LogP contribution in [-0.2, 0) is 4.74 Å². The maximum atomic E-state index is 5.37. The van der Waals surface area contributed by atoms with E-state index in [-0.39, 0.29) is 0 Å². The van der Waals surface area contributed by atoms with Gasteiger partial charge in [-0.05, 0) is 18.4 Å². The van der Waals surface area contributed by atoms with Gasteiger partial charge in [-0.1, -0.05) is 13.0 Å². The Balaban J connectivity index is 1.74. The molecule has 0 bridgehead atoms. The molecule has 0 aromatic carbocycles. The Labute approximate surface area is 137 Å². The van der Waals surface area contributed by atoms with Crippen LogP contribution in [0.4, 0.5) is 0 Å². The summed E-state index contributed by atoms with van der Waals surface area (Å²) >= 11 is 1.80. The molecule has 1 fully saturated rings. The van der Waals surface area contributed by atoms with Gasteiger partial charge in [0.1, 0.15) is 0 Å². The Kier molecular flexibility index (Phi) is 7.70. The second-order valence-corrected chi connectivity index (χ2v) is 6.50. The molecule has 22 heavy (non-hydrogen) atoms. The Hall–Kier alpha value is -1.11. The first-order chi connectivity index (χ1) is 10.8. The molecule has 6 heteroatoms. The third-order valence-electron chi connectivity index (χ3n) is 3.72. The van der Waals surface area contributed by atoms with Crippen LogP contribution in [0.25, 0.3) is 0 Å². The average Bonchev–Trinajstić information content (AvgIpc) is 3.08. The zero-order valence-corrected chi connectivity index (χ0v) is 14.5. The van der Waals surface area contributed by atoms with Crippen LogP contribution in [0.2, 0.25) is 0 Å². The van der Waals surface area contributed by atoms with E-state index < -0.39 is 0 Å². The normalized spacial score (nSPS) is 18.2. The summed E-state index contributed by atoms with van der Waals surface area (Å²) < 4.78 is 5.37. The van der Waals surface area contributed by atoms with Gasteiger partial charge in [0, 0.05) is 43.5 Å². The van der Waals surface area contributed by atoms with Crippen molar-refractivity contribution in [2.45, 2.75) is 19.8 Å². The standard InChI is InChI=1S/C16H28N4OS/c1-3-17-16(18-6-7-20-8-10-21-11-9-20)19-13-14(2)15-5-4-12-22-15/h4-5,12,14H,3,6-11,13H2,1-2H3,(H2,17,18,19). The maximum absolute atomic E-state index is 5.37. The lowest BCUT2D eigenvalue weighted by molar-refractivity contribution is 0.0389. The zero-order valence-electron chi connectivity index (χ0n) is 13.7. The number of morpholine rings is 1. The van der Waals surface area contributed by atoms with Gasteiger partial charge < -0.3 is 15.4 Å². The van der Waals surface area contributed by atoms with Crippen LogP contribution >= 0.6 is 11.3 Å². The van der Waals surface area contributed by atoms with E-state index in [9.17, 15) is 0 Å². The first kappa shape index (κ1) is 17.2. The molecule has 5 nitrogen and oxygen atoms in total. The van der Waals surface area contributed by atoms with Crippen molar-refractivity contribution in [2.24, 2.45) is 4.99 Å². The molecule has 1 aromatic heterocycles. The first-order valence-corrected chi connectivity index (χ1v) is 9.03. The van der Waals surface area contributed by atoms with E-state index in [2.05, 4.69) is 46.9 Å².